The van der Waals surface area contributed by atoms with Gasteiger partial charge in [0, 0.05) is 13.0 Å². The highest BCUT2D eigenvalue weighted by Crippen LogP contribution is 2.17. The van der Waals surface area contributed by atoms with Crippen molar-refractivity contribution < 1.29 is 19.1 Å². The molecule has 0 bridgehead atoms. The van der Waals surface area contributed by atoms with Gasteiger partial charge >= 0.3 is 11.9 Å². The number of carbonyl (C=O) groups excluding carboxylic acids is 2. The molecule has 1 aromatic rings. The van der Waals surface area contributed by atoms with Gasteiger partial charge in [0.15, 0.2) is 6.10 Å². The summed E-state index contributed by atoms with van der Waals surface area (Å²) < 4.78 is 9.96. The molecule has 0 spiro atoms. The van der Waals surface area contributed by atoms with Crippen LogP contribution in [-0.2, 0) is 19.1 Å². The highest BCUT2D eigenvalue weighted by atomic mass is 16.6. The van der Waals surface area contributed by atoms with E-state index < -0.39 is 18.0 Å². The first kappa shape index (κ1) is 13.0. The van der Waals surface area contributed by atoms with Crippen molar-refractivity contribution in [3.05, 3.63) is 48.6 Å². The number of benzene rings is 1. The summed E-state index contributed by atoms with van der Waals surface area (Å²) in [7, 11) is 0. The van der Waals surface area contributed by atoms with Crippen LogP contribution in [0.3, 0.4) is 0 Å². The van der Waals surface area contributed by atoms with Crippen molar-refractivity contribution in [3.63, 3.8) is 0 Å². The van der Waals surface area contributed by atoms with E-state index in [9.17, 15) is 9.59 Å². The first-order valence-corrected chi connectivity index (χ1v) is 5.15. The second-order valence-electron chi connectivity index (χ2n) is 3.34. The first-order chi connectivity index (χ1) is 8.13. The average Bonchev–Trinajstić information content (AvgIpc) is 2.35. The molecule has 4 heteroatoms. The van der Waals surface area contributed by atoms with Gasteiger partial charge in [0.25, 0.3) is 0 Å². The molecule has 0 heterocycles. The fraction of sp³-hybridized carbons (Fsp3) is 0.231. The Balaban J connectivity index is 2.75. The minimum atomic E-state index is -0.606. The first-order valence-electron chi connectivity index (χ1n) is 5.15. The van der Waals surface area contributed by atoms with Gasteiger partial charge < -0.3 is 9.47 Å². The monoisotopic (exact) mass is 234 g/mol. The summed E-state index contributed by atoms with van der Waals surface area (Å²) >= 11 is 0. The van der Waals surface area contributed by atoms with Crippen LogP contribution in [0.25, 0.3) is 0 Å². The van der Waals surface area contributed by atoms with E-state index in [0.29, 0.717) is 0 Å². The highest BCUT2D eigenvalue weighted by Gasteiger charge is 2.16. The number of hydrogen-bond donors (Lipinski definition) is 0. The van der Waals surface area contributed by atoms with E-state index >= 15 is 0 Å². The second-order valence-corrected chi connectivity index (χ2v) is 3.34. The van der Waals surface area contributed by atoms with Gasteiger partial charge in [-0.2, -0.15) is 0 Å². The number of carbonyl (C=O) groups is 2. The Morgan fingerprint density at radius 3 is 2.53 bits per heavy atom. The molecule has 0 aromatic heterocycles. The van der Waals surface area contributed by atoms with Crippen molar-refractivity contribution in [2.75, 3.05) is 6.61 Å². The van der Waals surface area contributed by atoms with Crippen molar-refractivity contribution in [1.29, 1.82) is 0 Å². The number of ether oxygens (including phenoxy) is 2. The van der Waals surface area contributed by atoms with Crippen molar-refractivity contribution in [2.45, 2.75) is 13.0 Å². The number of rotatable bonds is 5. The van der Waals surface area contributed by atoms with Gasteiger partial charge in [-0.1, -0.05) is 36.9 Å². The third-order valence-electron chi connectivity index (χ3n) is 2.03. The molecule has 90 valence electrons. The molecule has 17 heavy (non-hydrogen) atoms. The van der Waals surface area contributed by atoms with Crippen molar-refractivity contribution in [3.8, 4) is 0 Å². The third kappa shape index (κ3) is 4.51. The maximum atomic E-state index is 11.2. The molecule has 0 aliphatic heterocycles. The van der Waals surface area contributed by atoms with Crippen molar-refractivity contribution in [2.24, 2.45) is 0 Å². The topological polar surface area (TPSA) is 52.6 Å². The van der Waals surface area contributed by atoms with E-state index in [-0.39, 0.29) is 6.61 Å². The lowest BCUT2D eigenvalue weighted by atomic mass is 10.1. The van der Waals surface area contributed by atoms with E-state index in [1.54, 1.807) is 12.1 Å². The Kier molecular flexibility index (Phi) is 4.94. The summed E-state index contributed by atoms with van der Waals surface area (Å²) in [6.45, 7) is 4.62. The van der Waals surface area contributed by atoms with Gasteiger partial charge in [-0.05, 0) is 5.56 Å². The predicted molar refractivity (Wildman–Crippen MR) is 62.1 cm³/mol. The van der Waals surface area contributed by atoms with Crippen LogP contribution in [0.4, 0.5) is 0 Å². The summed E-state index contributed by atoms with van der Waals surface area (Å²) in [5.74, 6) is -0.966. The maximum Gasteiger partial charge on any atom is 0.330 e. The molecule has 4 nitrogen and oxygen atoms in total. The minimum Gasteiger partial charge on any atom is -0.462 e. The van der Waals surface area contributed by atoms with Gasteiger partial charge in [-0.15, -0.1) is 0 Å². The van der Waals surface area contributed by atoms with Crippen molar-refractivity contribution in [1.82, 2.24) is 0 Å². The summed E-state index contributed by atoms with van der Waals surface area (Å²) in [6, 6.07) is 9.08. The molecule has 0 saturated heterocycles. The zero-order valence-corrected chi connectivity index (χ0v) is 9.59. The zero-order chi connectivity index (χ0) is 12.7. The molecule has 0 saturated carbocycles. The smallest absolute Gasteiger partial charge is 0.330 e. The molecule has 0 radical (unpaired) electrons. The van der Waals surface area contributed by atoms with Crippen molar-refractivity contribution >= 4 is 11.9 Å². The van der Waals surface area contributed by atoms with Gasteiger partial charge in [0.1, 0.15) is 6.61 Å². The second kappa shape index (κ2) is 6.48. The van der Waals surface area contributed by atoms with E-state index in [1.807, 2.05) is 18.2 Å². The van der Waals surface area contributed by atoms with Crippen LogP contribution >= 0.6 is 0 Å². The van der Waals surface area contributed by atoms with Crippen LogP contribution in [0.1, 0.15) is 18.6 Å². The van der Waals surface area contributed by atoms with Crippen LogP contribution in [0.2, 0.25) is 0 Å². The summed E-state index contributed by atoms with van der Waals surface area (Å²) in [6.07, 6.45) is 0.467. The molecule has 1 unspecified atom stereocenters. The Hall–Kier alpha value is -2.10. The summed E-state index contributed by atoms with van der Waals surface area (Å²) in [5.41, 5.74) is 0.768. The Morgan fingerprint density at radius 2 is 2.00 bits per heavy atom. The van der Waals surface area contributed by atoms with E-state index in [2.05, 4.69) is 6.58 Å². The van der Waals surface area contributed by atoms with Crippen LogP contribution in [0.5, 0.6) is 0 Å². The summed E-state index contributed by atoms with van der Waals surface area (Å²) in [4.78, 5) is 21.9. The Bertz CT molecular complexity index is 397. The van der Waals surface area contributed by atoms with Gasteiger partial charge in [-0.25, -0.2) is 4.79 Å². The maximum absolute atomic E-state index is 11.2. The summed E-state index contributed by atoms with van der Waals surface area (Å²) in [5, 5.41) is 0. The molecule has 1 aromatic carbocycles. The largest absolute Gasteiger partial charge is 0.462 e. The molecule has 0 N–H and O–H groups in total. The zero-order valence-electron chi connectivity index (χ0n) is 9.59. The van der Waals surface area contributed by atoms with Gasteiger partial charge in [-0.3, -0.25) is 4.79 Å². The molecule has 0 aliphatic rings. The van der Waals surface area contributed by atoms with Crippen LogP contribution in [-0.4, -0.2) is 18.5 Å². The molecule has 1 atom stereocenters. The quantitative estimate of drug-likeness (QED) is 0.577. The molecule has 0 amide bonds. The predicted octanol–water partition coefficient (Wildman–Crippen LogP) is 2.02. The fourth-order valence-corrected chi connectivity index (χ4v) is 1.25. The molecule has 0 fully saturated rings. The lowest BCUT2D eigenvalue weighted by Crippen LogP contribution is -2.16. The van der Waals surface area contributed by atoms with E-state index in [0.717, 1.165) is 11.6 Å². The average molecular weight is 234 g/mol. The van der Waals surface area contributed by atoms with Gasteiger partial charge in [0.05, 0.1) is 0 Å². The van der Waals surface area contributed by atoms with E-state index in [1.165, 1.54) is 6.92 Å². The fourth-order valence-electron chi connectivity index (χ4n) is 1.25. The highest BCUT2D eigenvalue weighted by molar-refractivity contribution is 5.81. The van der Waals surface area contributed by atoms with Gasteiger partial charge in [0.2, 0.25) is 0 Å². The SMILES string of the molecule is C=CC(=O)OC(COC(C)=O)c1ccccc1. The van der Waals surface area contributed by atoms with Crippen LogP contribution in [0, 0.1) is 0 Å². The minimum absolute atomic E-state index is 0.00106. The standard InChI is InChI=1S/C13H14O4/c1-3-13(15)17-12(9-16-10(2)14)11-7-5-4-6-8-11/h3-8,12H,1,9H2,2H3. The van der Waals surface area contributed by atoms with Crippen LogP contribution < -0.4 is 0 Å². The Morgan fingerprint density at radius 1 is 1.35 bits per heavy atom. The lowest BCUT2D eigenvalue weighted by molar-refractivity contribution is -0.154. The van der Waals surface area contributed by atoms with E-state index in [4.69, 9.17) is 9.47 Å². The normalized spacial score (nSPS) is 11.4. The molecular weight excluding hydrogens is 220 g/mol. The number of esters is 2. The Labute approximate surface area is 99.8 Å². The third-order valence-corrected chi connectivity index (χ3v) is 2.03. The van der Waals surface area contributed by atoms with Crippen LogP contribution in [0.15, 0.2) is 43.0 Å². The molecule has 1 rings (SSSR count). The molecule has 0 aliphatic carbocycles. The number of hydrogen-bond acceptors (Lipinski definition) is 4. The molecular formula is C13H14O4. The lowest BCUT2D eigenvalue weighted by Gasteiger charge is -2.16.